The molecule has 0 aromatic heterocycles. The maximum atomic E-state index is 12.0. The summed E-state index contributed by atoms with van der Waals surface area (Å²) >= 11 is 11.8. The van der Waals surface area contributed by atoms with Crippen molar-refractivity contribution in [2.75, 3.05) is 6.54 Å². The Hall–Kier alpha value is -1.99. The number of benzene rings is 1. The molecule has 0 aliphatic carbocycles. The maximum absolute atomic E-state index is 12.0. The molecule has 150 valence electrons. The van der Waals surface area contributed by atoms with Crippen LogP contribution in [-0.2, 0) is 25.5 Å². The zero-order valence-corrected chi connectivity index (χ0v) is 16.8. The van der Waals surface area contributed by atoms with E-state index in [9.17, 15) is 19.5 Å². The molecule has 1 amide bonds. The van der Waals surface area contributed by atoms with Gasteiger partial charge in [-0.15, -0.1) is 0 Å². The van der Waals surface area contributed by atoms with Crippen LogP contribution in [0.1, 0.15) is 32.8 Å². The number of carboxylic acids is 1. The van der Waals surface area contributed by atoms with Crippen LogP contribution in [0.2, 0.25) is 10.0 Å². The predicted octanol–water partition coefficient (Wildman–Crippen LogP) is 3.90. The minimum Gasteiger partial charge on any atom is -0.481 e. The molecule has 0 fully saturated rings. The fourth-order valence-electron chi connectivity index (χ4n) is 2.12. The van der Waals surface area contributed by atoms with E-state index in [4.69, 9.17) is 32.7 Å². The molecule has 0 heterocycles. The zero-order valence-electron chi connectivity index (χ0n) is 15.3. The van der Waals surface area contributed by atoms with Crippen molar-refractivity contribution in [3.63, 3.8) is 0 Å². The molecule has 1 rings (SSSR count). The molecular weight excluding hydrogens is 397 g/mol. The summed E-state index contributed by atoms with van der Waals surface area (Å²) in [4.78, 5) is 34.8. The van der Waals surface area contributed by atoms with Crippen LogP contribution in [0.15, 0.2) is 18.2 Å². The lowest BCUT2D eigenvalue weighted by atomic mass is 9.99. The minimum atomic E-state index is -1.09. The molecule has 0 aliphatic heterocycles. The van der Waals surface area contributed by atoms with Crippen LogP contribution in [0.25, 0.3) is 0 Å². The van der Waals surface area contributed by atoms with Gasteiger partial charge in [0, 0.05) is 28.9 Å². The van der Waals surface area contributed by atoms with Crippen LogP contribution < -0.4 is 5.32 Å². The van der Waals surface area contributed by atoms with Gasteiger partial charge in [-0.1, -0.05) is 44.0 Å². The van der Waals surface area contributed by atoms with Gasteiger partial charge in [-0.25, -0.2) is 4.79 Å². The van der Waals surface area contributed by atoms with Gasteiger partial charge in [0.25, 0.3) is 6.29 Å². The molecule has 0 saturated heterocycles. The van der Waals surface area contributed by atoms with Gasteiger partial charge in [0.2, 0.25) is 0 Å². The average Bonchev–Trinajstić information content (AvgIpc) is 2.56. The number of esters is 1. The Morgan fingerprint density at radius 3 is 2.19 bits per heavy atom. The topological polar surface area (TPSA) is 102 Å². The lowest BCUT2D eigenvalue weighted by molar-refractivity contribution is -0.174. The summed E-state index contributed by atoms with van der Waals surface area (Å²) in [6.07, 6.45) is -1.65. The summed E-state index contributed by atoms with van der Waals surface area (Å²) < 4.78 is 10.1. The Morgan fingerprint density at radius 2 is 1.70 bits per heavy atom. The van der Waals surface area contributed by atoms with E-state index in [1.807, 2.05) is 0 Å². The molecular formula is C18H23Cl2NO6. The second-order valence-corrected chi connectivity index (χ2v) is 7.13. The summed E-state index contributed by atoms with van der Waals surface area (Å²) in [6.45, 7) is 4.90. The Bertz CT molecular complexity index is 660. The van der Waals surface area contributed by atoms with Gasteiger partial charge >= 0.3 is 18.0 Å². The highest BCUT2D eigenvalue weighted by molar-refractivity contribution is 6.34. The van der Waals surface area contributed by atoms with E-state index in [1.54, 1.807) is 39.0 Å². The number of hydrogen-bond acceptors (Lipinski definition) is 5. The number of amides is 1. The number of nitrogens with one attached hydrogen (secondary N) is 1. The first kappa shape index (κ1) is 23.0. The first-order valence-electron chi connectivity index (χ1n) is 8.44. The van der Waals surface area contributed by atoms with Gasteiger partial charge in [0.15, 0.2) is 0 Å². The van der Waals surface area contributed by atoms with E-state index in [1.165, 1.54) is 0 Å². The Morgan fingerprint density at radius 1 is 1.11 bits per heavy atom. The molecule has 2 atom stereocenters. The first-order valence-corrected chi connectivity index (χ1v) is 9.19. The Labute approximate surface area is 167 Å². The number of carbonyl (C=O) groups is 3. The number of carbonyl (C=O) groups excluding carboxylic acids is 2. The highest BCUT2D eigenvalue weighted by Gasteiger charge is 2.24. The first-order chi connectivity index (χ1) is 12.6. The zero-order chi connectivity index (χ0) is 20.6. The van der Waals surface area contributed by atoms with Crippen LogP contribution >= 0.6 is 23.2 Å². The van der Waals surface area contributed by atoms with Gasteiger partial charge in [-0.05, 0) is 30.2 Å². The van der Waals surface area contributed by atoms with Crippen LogP contribution in [0.4, 0.5) is 4.79 Å². The quantitative estimate of drug-likeness (QED) is 0.464. The molecule has 27 heavy (non-hydrogen) atoms. The SMILES string of the molecule is CCC(=O)O[C@H](OC(=O)NC[C@H](Cc1cc(Cl)cc(Cl)c1)C(=O)O)C(C)C. The highest BCUT2D eigenvalue weighted by atomic mass is 35.5. The molecule has 2 N–H and O–H groups in total. The van der Waals surface area contributed by atoms with Crippen molar-refractivity contribution in [2.24, 2.45) is 11.8 Å². The maximum Gasteiger partial charge on any atom is 0.410 e. The summed E-state index contributed by atoms with van der Waals surface area (Å²) in [6, 6.07) is 4.77. The smallest absolute Gasteiger partial charge is 0.410 e. The van der Waals surface area contributed by atoms with Crippen LogP contribution in [0, 0.1) is 11.8 Å². The Balaban J connectivity index is 2.66. The molecule has 0 aliphatic rings. The summed E-state index contributed by atoms with van der Waals surface area (Å²) in [5, 5.41) is 12.6. The largest absolute Gasteiger partial charge is 0.481 e. The van der Waals surface area contributed by atoms with E-state index in [-0.39, 0.29) is 25.3 Å². The lowest BCUT2D eigenvalue weighted by Gasteiger charge is -2.22. The second-order valence-electron chi connectivity index (χ2n) is 6.26. The van der Waals surface area contributed by atoms with Crippen molar-refractivity contribution in [3.05, 3.63) is 33.8 Å². The van der Waals surface area contributed by atoms with Gasteiger partial charge < -0.3 is 19.9 Å². The number of hydrogen-bond donors (Lipinski definition) is 2. The highest BCUT2D eigenvalue weighted by Crippen LogP contribution is 2.21. The molecule has 1 aromatic carbocycles. The minimum absolute atomic E-state index is 0.119. The van der Waals surface area contributed by atoms with Gasteiger partial charge in [-0.3, -0.25) is 9.59 Å². The predicted molar refractivity (Wildman–Crippen MR) is 101 cm³/mol. The average molecular weight is 420 g/mol. The van der Waals surface area contributed by atoms with Crippen LogP contribution in [-0.4, -0.2) is 36.0 Å². The molecule has 1 aromatic rings. The number of rotatable bonds is 9. The van der Waals surface area contributed by atoms with Crippen LogP contribution in [0.5, 0.6) is 0 Å². The standard InChI is InChI=1S/C18H23Cl2NO6/c1-4-15(22)26-17(10(2)3)27-18(25)21-9-12(16(23)24)5-11-6-13(19)8-14(20)7-11/h6-8,10,12,17H,4-5,9H2,1-3H3,(H,21,25)(H,23,24)/t12-,17+/m0/s1. The number of aliphatic carboxylic acids is 1. The summed E-state index contributed by atoms with van der Waals surface area (Å²) in [5.74, 6) is -2.76. The van der Waals surface area contributed by atoms with E-state index in [2.05, 4.69) is 5.32 Å². The van der Waals surface area contributed by atoms with Gasteiger partial charge in [0.1, 0.15) is 0 Å². The number of halogens is 2. The van der Waals surface area contributed by atoms with Crippen molar-refractivity contribution in [1.82, 2.24) is 5.32 Å². The van der Waals surface area contributed by atoms with Gasteiger partial charge in [-0.2, -0.15) is 0 Å². The molecule has 9 heteroatoms. The number of ether oxygens (including phenoxy) is 2. The molecule has 0 saturated carbocycles. The Kier molecular flexibility index (Phi) is 9.38. The molecule has 0 bridgehead atoms. The fraction of sp³-hybridized carbons (Fsp3) is 0.500. The van der Waals surface area contributed by atoms with Gasteiger partial charge in [0.05, 0.1) is 5.92 Å². The van der Waals surface area contributed by atoms with Crippen molar-refractivity contribution >= 4 is 41.2 Å². The van der Waals surface area contributed by atoms with Crippen LogP contribution in [0.3, 0.4) is 0 Å². The molecule has 0 unspecified atom stereocenters. The van der Waals surface area contributed by atoms with Crippen molar-refractivity contribution in [2.45, 2.75) is 39.9 Å². The normalized spacial score (nSPS) is 13.0. The molecule has 7 nitrogen and oxygen atoms in total. The van der Waals surface area contributed by atoms with Crippen molar-refractivity contribution in [3.8, 4) is 0 Å². The third-order valence-corrected chi connectivity index (χ3v) is 3.99. The van der Waals surface area contributed by atoms with E-state index in [0.717, 1.165) is 0 Å². The molecule has 0 radical (unpaired) electrons. The van der Waals surface area contributed by atoms with Crippen molar-refractivity contribution < 1.29 is 29.0 Å². The third kappa shape index (κ3) is 8.49. The third-order valence-electron chi connectivity index (χ3n) is 3.55. The van der Waals surface area contributed by atoms with Crippen molar-refractivity contribution in [1.29, 1.82) is 0 Å². The number of carboxylic acid groups (broad SMARTS) is 1. The number of alkyl carbamates (subject to hydrolysis) is 1. The lowest BCUT2D eigenvalue weighted by Crippen LogP contribution is -2.38. The summed E-state index contributed by atoms with van der Waals surface area (Å²) in [7, 11) is 0. The van der Waals surface area contributed by atoms with E-state index >= 15 is 0 Å². The van der Waals surface area contributed by atoms with E-state index < -0.39 is 30.2 Å². The monoisotopic (exact) mass is 419 g/mol. The molecule has 0 spiro atoms. The second kappa shape index (κ2) is 11.0. The van der Waals surface area contributed by atoms with E-state index in [0.29, 0.717) is 15.6 Å². The summed E-state index contributed by atoms with van der Waals surface area (Å²) in [5.41, 5.74) is 0.631. The fourth-order valence-corrected chi connectivity index (χ4v) is 2.69.